The number of carbonyl (C=O) groups excluding carboxylic acids is 1. The minimum atomic E-state index is -0.800. The molecule has 0 saturated carbocycles. The zero-order valence-corrected chi connectivity index (χ0v) is 17.0. The van der Waals surface area contributed by atoms with Gasteiger partial charge in [0.15, 0.2) is 0 Å². The Balaban J connectivity index is 0. The first-order chi connectivity index (χ1) is 9.89. The Kier molecular flexibility index (Phi) is 10.6. The number of carbonyl (C=O) groups is 1. The molecule has 0 atom stereocenters. The van der Waals surface area contributed by atoms with Crippen molar-refractivity contribution in [1.82, 2.24) is 0 Å². The molecule has 1 rings (SSSR count). The second-order valence-electron chi connectivity index (χ2n) is 6.26. The van der Waals surface area contributed by atoms with E-state index >= 15 is 0 Å². The first kappa shape index (κ1) is 24.3. The topological polar surface area (TPSA) is 92.5 Å². The molecule has 0 aromatic heterocycles. The third-order valence-electron chi connectivity index (χ3n) is 2.59. The average molecular weight is 333 g/mol. The Morgan fingerprint density at radius 3 is 1.83 bits per heavy atom. The van der Waals surface area contributed by atoms with Gasteiger partial charge < -0.3 is 9.84 Å². The van der Waals surface area contributed by atoms with Crippen LogP contribution in [0.3, 0.4) is 0 Å². The molecule has 0 heterocycles. The van der Waals surface area contributed by atoms with Gasteiger partial charge in [0.2, 0.25) is 0 Å². The zero-order valence-electron chi connectivity index (χ0n) is 15.0. The third kappa shape index (κ3) is 9.71. The fourth-order valence-corrected chi connectivity index (χ4v) is 1.43. The van der Waals surface area contributed by atoms with Gasteiger partial charge in [-0.05, 0) is 26.3 Å². The maximum Gasteiger partial charge on any atom is 1.00 e. The molecule has 0 N–H and O–H groups in total. The summed E-state index contributed by atoms with van der Waals surface area (Å²) in [5, 5.41) is 20.6. The van der Waals surface area contributed by atoms with Crippen LogP contribution in [0.15, 0.2) is 24.3 Å². The monoisotopic (exact) mass is 333 g/mol. The number of non-ortho nitro benzene ring substituents is 1. The Labute approximate surface area is 159 Å². The van der Waals surface area contributed by atoms with Gasteiger partial charge >= 0.3 is 35.5 Å². The molecule has 1 aromatic carbocycles. The van der Waals surface area contributed by atoms with Crippen molar-refractivity contribution in [2.75, 3.05) is 6.61 Å². The summed E-state index contributed by atoms with van der Waals surface area (Å²) in [6.45, 7) is 10.4. The summed E-state index contributed by atoms with van der Waals surface area (Å²) < 4.78 is 4.97. The first-order valence-electron chi connectivity index (χ1n) is 7.02. The van der Waals surface area contributed by atoms with Gasteiger partial charge in [-0.25, -0.2) is 0 Å². The number of hydrogen-bond acceptors (Lipinski definition) is 5. The van der Waals surface area contributed by atoms with E-state index in [1.807, 2.05) is 0 Å². The average Bonchev–Trinajstić information content (AvgIpc) is 2.37. The van der Waals surface area contributed by atoms with Crippen LogP contribution in [-0.2, 0) is 14.9 Å². The summed E-state index contributed by atoms with van der Waals surface area (Å²) in [4.78, 5) is 21.8. The van der Waals surface area contributed by atoms with Crippen LogP contribution < -0.4 is 34.7 Å². The van der Waals surface area contributed by atoms with Crippen molar-refractivity contribution < 1.29 is 49.1 Å². The molecule has 0 saturated heterocycles. The second-order valence-corrected chi connectivity index (χ2v) is 6.26. The van der Waals surface area contributed by atoms with E-state index in [1.54, 1.807) is 53.7 Å². The number of esters is 1. The van der Waals surface area contributed by atoms with Crippen molar-refractivity contribution in [3.05, 3.63) is 39.9 Å². The van der Waals surface area contributed by atoms with Gasteiger partial charge in [-0.15, -0.1) is 5.60 Å². The number of hydrogen-bond donors (Lipinski definition) is 0. The molecule has 0 fully saturated rings. The maximum atomic E-state index is 11.7. The fourth-order valence-electron chi connectivity index (χ4n) is 1.43. The van der Waals surface area contributed by atoms with Gasteiger partial charge in [0.1, 0.15) is 0 Å². The first-order valence-corrected chi connectivity index (χ1v) is 7.02. The Bertz CT molecular complexity index is 500. The van der Waals surface area contributed by atoms with Crippen LogP contribution in [0.2, 0.25) is 0 Å². The minimum absolute atomic E-state index is 0. The van der Waals surface area contributed by atoms with Gasteiger partial charge in [0, 0.05) is 12.1 Å². The van der Waals surface area contributed by atoms with Gasteiger partial charge in [0.25, 0.3) is 5.69 Å². The normalized spacial score (nSPS) is 10.7. The third-order valence-corrected chi connectivity index (χ3v) is 2.59. The smallest absolute Gasteiger partial charge is 0.850 e. The Hall–Kier alpha value is -0.950. The van der Waals surface area contributed by atoms with Crippen LogP contribution in [0.5, 0.6) is 0 Å². The van der Waals surface area contributed by atoms with Crippen molar-refractivity contribution in [2.24, 2.45) is 0 Å². The Morgan fingerprint density at radius 2 is 1.52 bits per heavy atom. The number of nitro groups is 1. The van der Waals surface area contributed by atoms with Gasteiger partial charge in [-0.1, -0.05) is 32.9 Å². The molecule has 1 aromatic rings. The summed E-state index contributed by atoms with van der Waals surface area (Å²) >= 11 is 0. The fraction of sp³-hybridized carbons (Fsp3) is 0.562. The molecular formula is C16H24NNaO5. The second kappa shape index (κ2) is 10.0. The van der Waals surface area contributed by atoms with Crippen molar-refractivity contribution in [1.29, 1.82) is 0 Å². The van der Waals surface area contributed by atoms with Crippen LogP contribution in [0.25, 0.3) is 0 Å². The van der Waals surface area contributed by atoms with Crippen LogP contribution in [0.4, 0.5) is 5.69 Å². The summed E-state index contributed by atoms with van der Waals surface area (Å²) in [7, 11) is 0. The summed E-state index contributed by atoms with van der Waals surface area (Å²) in [6.07, 6.45) is 0. The molecule has 0 aliphatic carbocycles. The van der Waals surface area contributed by atoms with Gasteiger partial charge in [0.05, 0.1) is 16.9 Å². The molecule has 0 amide bonds. The number of nitro benzene ring substituents is 1. The number of benzene rings is 1. The number of ether oxygens (including phenoxy) is 1. The SMILES string of the molecule is CC(C)(C)[O-].CCOC(=O)C(C)(C)c1ccc([N+](=O)[O-])cc1.[Na+]. The molecule has 23 heavy (non-hydrogen) atoms. The van der Waals surface area contributed by atoms with Crippen LogP contribution in [0, 0.1) is 10.1 Å². The van der Waals surface area contributed by atoms with Crippen LogP contribution in [0.1, 0.15) is 47.1 Å². The molecule has 0 bridgehead atoms. The molecule has 0 unspecified atom stereocenters. The molecule has 0 aliphatic heterocycles. The molecule has 124 valence electrons. The van der Waals surface area contributed by atoms with E-state index in [2.05, 4.69) is 0 Å². The van der Waals surface area contributed by atoms with E-state index < -0.39 is 15.9 Å². The standard InChI is InChI=1S/C12H15NO4.C4H9O.Na/c1-4-17-11(14)12(2,3)9-5-7-10(8-6-9)13(15)16;1-4(2,3)5;/h5-8H,4H2,1-3H3;1-3H3;/q;-1;+1. The number of rotatable bonds is 4. The van der Waals surface area contributed by atoms with E-state index in [9.17, 15) is 20.0 Å². The number of nitrogens with zero attached hydrogens (tertiary/aromatic N) is 1. The Morgan fingerprint density at radius 1 is 1.13 bits per heavy atom. The molecular weight excluding hydrogens is 309 g/mol. The summed E-state index contributed by atoms with van der Waals surface area (Å²) in [6, 6.07) is 5.93. The quantitative estimate of drug-likeness (QED) is 0.323. The van der Waals surface area contributed by atoms with Crippen molar-refractivity contribution in [3.63, 3.8) is 0 Å². The van der Waals surface area contributed by atoms with Crippen molar-refractivity contribution in [2.45, 2.75) is 52.6 Å². The predicted molar refractivity (Wildman–Crippen MR) is 82.5 cm³/mol. The largest absolute Gasteiger partial charge is 1.00 e. The molecule has 0 aliphatic rings. The minimum Gasteiger partial charge on any atom is -0.850 e. The zero-order chi connectivity index (χ0) is 17.6. The van der Waals surface area contributed by atoms with E-state index in [0.29, 0.717) is 12.2 Å². The molecule has 7 heteroatoms. The van der Waals surface area contributed by atoms with Crippen LogP contribution in [-0.4, -0.2) is 23.1 Å². The van der Waals surface area contributed by atoms with Crippen LogP contribution >= 0.6 is 0 Å². The van der Waals surface area contributed by atoms with E-state index in [-0.39, 0.29) is 41.2 Å². The van der Waals surface area contributed by atoms with E-state index in [0.717, 1.165) is 0 Å². The molecule has 0 spiro atoms. The van der Waals surface area contributed by atoms with Crippen molar-refractivity contribution in [3.8, 4) is 0 Å². The van der Waals surface area contributed by atoms with Crippen molar-refractivity contribution >= 4 is 11.7 Å². The van der Waals surface area contributed by atoms with E-state index in [1.165, 1.54) is 12.1 Å². The maximum absolute atomic E-state index is 11.7. The molecule has 6 nitrogen and oxygen atoms in total. The summed E-state index contributed by atoms with van der Waals surface area (Å²) in [5.74, 6) is -0.339. The van der Waals surface area contributed by atoms with Gasteiger partial charge in [-0.2, -0.15) is 0 Å². The predicted octanol–water partition coefficient (Wildman–Crippen LogP) is -0.415. The molecule has 0 radical (unpaired) electrons. The van der Waals surface area contributed by atoms with Gasteiger partial charge in [-0.3, -0.25) is 14.9 Å². The van der Waals surface area contributed by atoms with E-state index in [4.69, 9.17) is 4.74 Å². The summed E-state index contributed by atoms with van der Waals surface area (Å²) in [5.41, 5.74) is -0.847.